The van der Waals surface area contributed by atoms with E-state index in [0.717, 1.165) is 102 Å². The number of benzene rings is 1. The summed E-state index contributed by atoms with van der Waals surface area (Å²) >= 11 is 0. The number of likely N-dealkylation sites (tertiary alicyclic amines) is 1. The first-order valence-electron chi connectivity index (χ1n) is 15.3. The fraction of sp³-hybridized carbons (Fsp3) is 0.625. The van der Waals surface area contributed by atoms with Gasteiger partial charge in [0.1, 0.15) is 5.75 Å². The number of hydrogen-bond donors (Lipinski definition) is 0. The number of ether oxygens (including phenoxy) is 1. The van der Waals surface area contributed by atoms with Crippen molar-refractivity contribution in [3.05, 3.63) is 48.2 Å². The first kappa shape index (κ1) is 28.4. The lowest BCUT2D eigenvalue weighted by Crippen LogP contribution is -2.48. The summed E-state index contributed by atoms with van der Waals surface area (Å²) in [5.41, 5.74) is 1.35. The number of para-hydroxylation sites is 1. The van der Waals surface area contributed by atoms with Crippen molar-refractivity contribution < 1.29 is 14.3 Å². The molecule has 1 spiro atoms. The van der Waals surface area contributed by atoms with E-state index >= 15 is 0 Å². The van der Waals surface area contributed by atoms with Crippen molar-refractivity contribution in [2.24, 2.45) is 11.3 Å². The maximum absolute atomic E-state index is 13.3. The van der Waals surface area contributed by atoms with Crippen LogP contribution < -0.4 is 9.64 Å². The molecule has 2 fully saturated rings. The Morgan fingerprint density at radius 1 is 0.975 bits per heavy atom. The second-order valence-corrected chi connectivity index (χ2v) is 12.1. The van der Waals surface area contributed by atoms with Gasteiger partial charge in [0, 0.05) is 58.8 Å². The van der Waals surface area contributed by atoms with Gasteiger partial charge >= 0.3 is 0 Å². The molecular formula is C32H45N5O3. The van der Waals surface area contributed by atoms with Gasteiger partial charge in [0.25, 0.3) is 0 Å². The summed E-state index contributed by atoms with van der Waals surface area (Å²) in [6.45, 7) is 4.81. The van der Waals surface area contributed by atoms with Gasteiger partial charge in [0.2, 0.25) is 11.8 Å². The molecule has 0 aliphatic carbocycles. The van der Waals surface area contributed by atoms with Crippen molar-refractivity contribution in [3.63, 3.8) is 0 Å². The zero-order valence-corrected chi connectivity index (χ0v) is 24.1. The van der Waals surface area contributed by atoms with Gasteiger partial charge in [-0.25, -0.2) is 0 Å². The maximum atomic E-state index is 13.3. The molecule has 3 aliphatic heterocycles. The summed E-state index contributed by atoms with van der Waals surface area (Å²) in [5.74, 6) is 2.81. The van der Waals surface area contributed by atoms with E-state index in [9.17, 15) is 9.59 Å². The van der Waals surface area contributed by atoms with Gasteiger partial charge in [-0.05, 0) is 86.5 Å². The highest BCUT2D eigenvalue weighted by molar-refractivity contribution is 5.77. The number of carbonyl (C=O) groups excluding carboxylic acids is 2. The molecule has 5 rings (SSSR count). The van der Waals surface area contributed by atoms with Crippen molar-refractivity contribution in [2.75, 3.05) is 51.3 Å². The van der Waals surface area contributed by atoms with Gasteiger partial charge in [-0.1, -0.05) is 24.6 Å². The molecule has 8 nitrogen and oxygen atoms in total. The molecule has 8 heteroatoms. The largest absolute Gasteiger partial charge is 0.493 e. The van der Waals surface area contributed by atoms with Gasteiger partial charge in [-0.15, -0.1) is 5.10 Å². The Balaban J connectivity index is 1.14. The molecule has 2 amide bonds. The second kappa shape index (κ2) is 13.5. The molecule has 216 valence electrons. The summed E-state index contributed by atoms with van der Waals surface area (Å²) in [7, 11) is 1.96. The van der Waals surface area contributed by atoms with Crippen LogP contribution in [0.1, 0.15) is 69.8 Å². The van der Waals surface area contributed by atoms with Crippen molar-refractivity contribution in [1.29, 1.82) is 0 Å². The average Bonchev–Trinajstić information content (AvgIpc) is 2.99. The summed E-state index contributed by atoms with van der Waals surface area (Å²) < 4.78 is 6.02. The molecule has 4 heterocycles. The molecule has 0 saturated carbocycles. The monoisotopic (exact) mass is 547 g/mol. The van der Waals surface area contributed by atoms with E-state index in [0.29, 0.717) is 31.3 Å². The quantitative estimate of drug-likeness (QED) is 0.553. The Bertz CT molecular complexity index is 1110. The minimum absolute atomic E-state index is 0.0867. The third kappa shape index (κ3) is 7.32. The summed E-state index contributed by atoms with van der Waals surface area (Å²) in [6, 6.07) is 12.2. The Kier molecular flexibility index (Phi) is 9.55. The molecule has 3 aliphatic rings. The third-order valence-corrected chi connectivity index (χ3v) is 9.30. The van der Waals surface area contributed by atoms with Crippen molar-refractivity contribution >= 4 is 17.6 Å². The third-order valence-electron chi connectivity index (χ3n) is 9.30. The predicted molar refractivity (Wildman–Crippen MR) is 156 cm³/mol. The van der Waals surface area contributed by atoms with Crippen LogP contribution in [0.25, 0.3) is 0 Å². The predicted octanol–water partition coefficient (Wildman–Crippen LogP) is 4.74. The molecule has 0 bridgehead atoms. The standard InChI is InChI=1S/C32H45N5O3/c1-35-25-32(15-5-4-9-27-8-2-3-10-28(27)40-23-7-12-30(35)38)16-21-37(22-17-32)31(39)24-26-13-19-36(20-14-26)29-11-6-18-33-34-29/h2-3,6,8,10-11,18,26H,4-5,7,9,12-17,19-25H2,1H3. The summed E-state index contributed by atoms with van der Waals surface area (Å²) in [6.07, 6.45) is 11.9. The fourth-order valence-electron chi connectivity index (χ4n) is 6.78. The van der Waals surface area contributed by atoms with Crippen LogP contribution in [0.15, 0.2) is 42.6 Å². The number of rotatable bonds is 3. The van der Waals surface area contributed by atoms with E-state index in [2.05, 4.69) is 32.1 Å². The van der Waals surface area contributed by atoms with E-state index in [1.165, 1.54) is 5.56 Å². The minimum Gasteiger partial charge on any atom is -0.493 e. The molecule has 1 aromatic carbocycles. The molecule has 0 atom stereocenters. The first-order valence-corrected chi connectivity index (χ1v) is 15.3. The van der Waals surface area contributed by atoms with Gasteiger partial charge in [0.15, 0.2) is 5.82 Å². The molecular weight excluding hydrogens is 502 g/mol. The summed E-state index contributed by atoms with van der Waals surface area (Å²) in [4.78, 5) is 32.6. The van der Waals surface area contributed by atoms with E-state index in [1.807, 2.05) is 36.2 Å². The van der Waals surface area contributed by atoms with Gasteiger partial charge < -0.3 is 19.4 Å². The molecule has 0 unspecified atom stereocenters. The van der Waals surface area contributed by atoms with Crippen LogP contribution in [0, 0.1) is 11.3 Å². The molecule has 2 aromatic rings. The van der Waals surface area contributed by atoms with Crippen LogP contribution in [0.3, 0.4) is 0 Å². The van der Waals surface area contributed by atoms with Gasteiger partial charge in [-0.2, -0.15) is 5.10 Å². The van der Waals surface area contributed by atoms with Crippen LogP contribution in [0.2, 0.25) is 0 Å². The first-order chi connectivity index (χ1) is 19.5. The SMILES string of the molecule is CN1CC2(CCCCc3ccccc3OCCCC1=O)CCN(C(=O)CC1CCN(c3cccnn3)CC1)CC2. The Hall–Kier alpha value is -3.16. The van der Waals surface area contributed by atoms with Crippen LogP contribution in [0.4, 0.5) is 5.82 Å². The normalized spacial score (nSPS) is 21.4. The lowest BCUT2D eigenvalue weighted by molar-refractivity contribution is -0.137. The number of carbonyl (C=O) groups is 2. The smallest absolute Gasteiger partial charge is 0.222 e. The second-order valence-electron chi connectivity index (χ2n) is 12.1. The number of amides is 2. The molecule has 2 saturated heterocycles. The molecule has 0 N–H and O–H groups in total. The number of aryl methyl sites for hydroxylation is 1. The number of piperidine rings is 2. The Morgan fingerprint density at radius 3 is 2.55 bits per heavy atom. The highest BCUT2D eigenvalue weighted by Gasteiger charge is 2.37. The number of nitrogens with zero attached hydrogens (tertiary/aromatic N) is 5. The Labute approximate surface area is 239 Å². The number of aromatic nitrogens is 2. The van der Waals surface area contributed by atoms with Crippen LogP contribution >= 0.6 is 0 Å². The van der Waals surface area contributed by atoms with Gasteiger partial charge in [-0.3, -0.25) is 9.59 Å². The molecule has 1 aromatic heterocycles. The van der Waals surface area contributed by atoms with E-state index in [-0.39, 0.29) is 11.3 Å². The average molecular weight is 548 g/mol. The topological polar surface area (TPSA) is 78.9 Å². The number of hydrogen-bond acceptors (Lipinski definition) is 6. The highest BCUT2D eigenvalue weighted by Crippen LogP contribution is 2.39. The van der Waals surface area contributed by atoms with Crippen LogP contribution in [0.5, 0.6) is 5.75 Å². The van der Waals surface area contributed by atoms with Gasteiger partial charge in [0.05, 0.1) is 6.61 Å². The number of anilines is 1. The zero-order valence-electron chi connectivity index (χ0n) is 24.1. The zero-order chi connectivity index (χ0) is 27.8. The molecule has 40 heavy (non-hydrogen) atoms. The fourth-order valence-corrected chi connectivity index (χ4v) is 6.78. The Morgan fingerprint density at radius 2 is 1.77 bits per heavy atom. The maximum Gasteiger partial charge on any atom is 0.222 e. The lowest BCUT2D eigenvalue weighted by Gasteiger charge is -2.44. The van der Waals surface area contributed by atoms with E-state index < -0.39 is 0 Å². The van der Waals surface area contributed by atoms with Crippen LogP contribution in [-0.4, -0.2) is 78.2 Å². The minimum atomic E-state index is 0.0867. The van der Waals surface area contributed by atoms with E-state index in [1.54, 1.807) is 6.20 Å². The van der Waals surface area contributed by atoms with Crippen molar-refractivity contribution in [1.82, 2.24) is 20.0 Å². The van der Waals surface area contributed by atoms with Crippen LogP contribution in [-0.2, 0) is 16.0 Å². The molecule has 0 radical (unpaired) electrons. The summed E-state index contributed by atoms with van der Waals surface area (Å²) in [5, 5.41) is 8.24. The lowest BCUT2D eigenvalue weighted by atomic mass is 9.73. The van der Waals surface area contributed by atoms with Crippen molar-refractivity contribution in [2.45, 2.75) is 70.6 Å². The van der Waals surface area contributed by atoms with Crippen molar-refractivity contribution in [3.8, 4) is 5.75 Å². The number of fused-ring (bicyclic) bond motifs is 1. The van der Waals surface area contributed by atoms with E-state index in [4.69, 9.17) is 4.74 Å². The highest BCUT2D eigenvalue weighted by atomic mass is 16.5.